The van der Waals surface area contributed by atoms with Gasteiger partial charge in [0.1, 0.15) is 18.3 Å². The lowest BCUT2D eigenvalue weighted by Crippen LogP contribution is -2.48. The van der Waals surface area contributed by atoms with Crippen molar-refractivity contribution in [2.75, 3.05) is 13.2 Å². The van der Waals surface area contributed by atoms with Crippen LogP contribution < -0.4 is 15.4 Å². The molecule has 2 atom stereocenters. The van der Waals surface area contributed by atoms with E-state index in [9.17, 15) is 9.59 Å². The van der Waals surface area contributed by atoms with Crippen molar-refractivity contribution >= 4 is 22.7 Å². The van der Waals surface area contributed by atoms with E-state index in [0.29, 0.717) is 34.5 Å². The molecule has 2 amide bonds. The molecule has 4 aromatic carbocycles. The van der Waals surface area contributed by atoms with Crippen molar-refractivity contribution in [3.63, 3.8) is 0 Å². The highest BCUT2D eigenvalue weighted by Crippen LogP contribution is 2.37. The summed E-state index contributed by atoms with van der Waals surface area (Å²) < 4.78 is 6.57. The number of nitrogens with one attached hydrogen (secondary N) is 2. The number of amides is 2. The van der Waals surface area contributed by atoms with E-state index in [-0.39, 0.29) is 24.5 Å². The molecule has 0 saturated carbocycles. The number of nitrogens with zero attached hydrogens (tertiary/aromatic N) is 2. The van der Waals surface area contributed by atoms with Crippen molar-refractivity contribution in [3.05, 3.63) is 132 Å². The molecule has 5 aromatic rings. The first-order valence-corrected chi connectivity index (χ1v) is 15.5. The average Bonchev–Trinajstić information content (AvgIpc) is 3.31. The van der Waals surface area contributed by atoms with Crippen molar-refractivity contribution in [1.29, 1.82) is 0 Å². The summed E-state index contributed by atoms with van der Waals surface area (Å²) in [5.41, 5.74) is 3.92. The fraction of sp³-hybridized carbons (Fsp3) is 0.237. The van der Waals surface area contributed by atoms with Gasteiger partial charge >= 0.3 is 0 Å². The second kappa shape index (κ2) is 12.9. The maximum absolute atomic E-state index is 14.3. The molecule has 0 bridgehead atoms. The Hall–Kier alpha value is -5.01. The molecule has 1 aliphatic heterocycles. The monoisotopic (exact) mass is 598 g/mol. The highest BCUT2D eigenvalue weighted by atomic mass is 16.5. The van der Waals surface area contributed by atoms with Crippen LogP contribution in [-0.2, 0) is 4.79 Å². The second-order valence-corrected chi connectivity index (χ2v) is 11.8. The number of carbonyl (C=O) groups is 2. The van der Waals surface area contributed by atoms with E-state index >= 15 is 0 Å². The third-order valence-electron chi connectivity index (χ3n) is 8.42. The van der Waals surface area contributed by atoms with Crippen molar-refractivity contribution < 1.29 is 14.3 Å². The minimum atomic E-state index is -0.588. The van der Waals surface area contributed by atoms with Crippen molar-refractivity contribution in [3.8, 4) is 17.0 Å². The van der Waals surface area contributed by atoms with Gasteiger partial charge in [0.25, 0.3) is 5.91 Å². The molecule has 1 fully saturated rings. The van der Waals surface area contributed by atoms with Crippen LogP contribution in [-0.4, -0.2) is 40.5 Å². The lowest BCUT2D eigenvalue weighted by atomic mass is 10.00. The molecule has 0 radical (unpaired) electrons. The molecule has 0 spiro atoms. The zero-order valence-electron chi connectivity index (χ0n) is 25.9. The van der Waals surface area contributed by atoms with Crippen LogP contribution >= 0.6 is 0 Å². The molecule has 2 heterocycles. The van der Waals surface area contributed by atoms with Gasteiger partial charge in [-0.1, -0.05) is 116 Å². The van der Waals surface area contributed by atoms with Crippen LogP contribution in [0, 0.1) is 0 Å². The van der Waals surface area contributed by atoms with Crippen LogP contribution in [0.15, 0.2) is 115 Å². The van der Waals surface area contributed by atoms with Crippen molar-refractivity contribution in [2.45, 2.75) is 44.9 Å². The van der Waals surface area contributed by atoms with Gasteiger partial charge in [0.2, 0.25) is 5.91 Å². The van der Waals surface area contributed by atoms with E-state index in [1.165, 1.54) is 0 Å². The second-order valence-electron chi connectivity index (χ2n) is 11.8. The summed E-state index contributed by atoms with van der Waals surface area (Å²) in [7, 11) is 0. The lowest BCUT2D eigenvalue weighted by molar-refractivity contribution is -0.132. The molecular formula is C38H38N4O3. The summed E-state index contributed by atoms with van der Waals surface area (Å²) in [6.45, 7) is 6.55. The van der Waals surface area contributed by atoms with Gasteiger partial charge in [0, 0.05) is 10.9 Å². The molecule has 0 unspecified atom stereocenters. The van der Waals surface area contributed by atoms with Crippen LogP contribution in [0.4, 0.5) is 0 Å². The number of hydrogen-bond donors (Lipinski definition) is 2. The highest BCUT2D eigenvalue weighted by Gasteiger charge is 2.44. The third kappa shape index (κ3) is 6.17. The van der Waals surface area contributed by atoms with Crippen molar-refractivity contribution in [2.24, 2.45) is 0 Å². The number of ether oxygens (including phenoxy) is 1. The van der Waals surface area contributed by atoms with Crippen LogP contribution in [0.5, 0.6) is 5.75 Å². The summed E-state index contributed by atoms with van der Waals surface area (Å²) in [5.74, 6) is 0.151. The molecule has 1 aromatic heterocycles. The molecule has 2 N–H and O–H groups in total. The quantitative estimate of drug-likeness (QED) is 0.180. The number of rotatable bonds is 10. The van der Waals surface area contributed by atoms with Gasteiger partial charge in [-0.3, -0.25) is 14.9 Å². The summed E-state index contributed by atoms with van der Waals surface area (Å²) in [6.07, 6.45) is 0.724. The Balaban J connectivity index is 1.36. The van der Waals surface area contributed by atoms with Gasteiger partial charge in [-0.2, -0.15) is 0 Å². The first kappa shape index (κ1) is 30.0. The van der Waals surface area contributed by atoms with E-state index in [1.807, 2.05) is 134 Å². The molecule has 228 valence electrons. The third-order valence-corrected chi connectivity index (χ3v) is 8.42. The number of para-hydroxylation sites is 1. The number of carbonyl (C=O) groups excluding carboxylic acids is 2. The standard InChI is InChI=1S/C38H38N4O3/c1-4-30(26-16-8-5-9-17-26)40-36(43)32-29-22-14-15-23-31(29)39-33(27-18-10-6-11-19-27)35(32)45-25-24-42-37(44)34(41-38(42,2)3)28-20-12-7-13-21-28/h5-23,30,34,41H,4,24-25H2,1-3H3,(H,40,43)/t30-,34+/m0/s1. The van der Waals surface area contributed by atoms with E-state index in [0.717, 1.165) is 23.1 Å². The van der Waals surface area contributed by atoms with Crippen molar-refractivity contribution in [1.82, 2.24) is 20.5 Å². The average molecular weight is 599 g/mol. The predicted molar refractivity (Wildman–Crippen MR) is 178 cm³/mol. The Morgan fingerprint density at radius 2 is 1.53 bits per heavy atom. The number of pyridine rings is 1. The number of fused-ring (bicyclic) bond motifs is 1. The Morgan fingerprint density at radius 1 is 0.911 bits per heavy atom. The Bertz CT molecular complexity index is 1790. The molecule has 0 aliphatic carbocycles. The number of aromatic nitrogens is 1. The van der Waals surface area contributed by atoms with Crippen LogP contribution in [0.1, 0.15) is 60.8 Å². The smallest absolute Gasteiger partial charge is 0.256 e. The zero-order chi connectivity index (χ0) is 31.4. The molecule has 7 nitrogen and oxygen atoms in total. The van der Waals surface area contributed by atoms with Gasteiger partial charge in [-0.25, -0.2) is 4.98 Å². The fourth-order valence-electron chi connectivity index (χ4n) is 6.11. The van der Waals surface area contributed by atoms with Crippen LogP contribution in [0.3, 0.4) is 0 Å². The highest BCUT2D eigenvalue weighted by molar-refractivity contribution is 6.10. The summed E-state index contributed by atoms with van der Waals surface area (Å²) in [6, 6.07) is 36.5. The first-order valence-electron chi connectivity index (χ1n) is 15.5. The van der Waals surface area contributed by atoms with Crippen LogP contribution in [0.25, 0.3) is 22.2 Å². The summed E-state index contributed by atoms with van der Waals surface area (Å²) in [5, 5.41) is 7.44. The van der Waals surface area contributed by atoms with E-state index in [4.69, 9.17) is 9.72 Å². The van der Waals surface area contributed by atoms with Gasteiger partial charge in [0.05, 0.1) is 29.3 Å². The normalized spacial score (nSPS) is 16.5. The summed E-state index contributed by atoms with van der Waals surface area (Å²) in [4.78, 5) is 34.7. The molecular weight excluding hydrogens is 560 g/mol. The molecule has 1 aliphatic rings. The minimum absolute atomic E-state index is 0.0127. The van der Waals surface area contributed by atoms with Gasteiger partial charge in [-0.15, -0.1) is 0 Å². The van der Waals surface area contributed by atoms with E-state index in [1.54, 1.807) is 0 Å². The molecule has 6 rings (SSSR count). The molecule has 7 heteroatoms. The maximum atomic E-state index is 14.3. The SMILES string of the molecule is CC[C@H](NC(=O)c1c(OCCN2C(=O)[C@@H](c3ccccc3)NC2(C)C)c(-c2ccccc2)nc2ccccc12)c1ccccc1. The lowest BCUT2D eigenvalue weighted by Gasteiger charge is -2.31. The first-order chi connectivity index (χ1) is 21.9. The van der Waals surface area contributed by atoms with Gasteiger partial charge < -0.3 is 15.0 Å². The van der Waals surface area contributed by atoms with Gasteiger partial charge in [-0.05, 0) is 37.5 Å². The largest absolute Gasteiger partial charge is 0.489 e. The maximum Gasteiger partial charge on any atom is 0.256 e. The van der Waals surface area contributed by atoms with E-state index in [2.05, 4.69) is 17.6 Å². The Kier molecular flexibility index (Phi) is 8.62. The topological polar surface area (TPSA) is 83.6 Å². The predicted octanol–water partition coefficient (Wildman–Crippen LogP) is 7.07. The molecule has 45 heavy (non-hydrogen) atoms. The van der Waals surface area contributed by atoms with E-state index < -0.39 is 11.7 Å². The minimum Gasteiger partial charge on any atom is -0.489 e. The Labute approximate surface area is 264 Å². The zero-order valence-corrected chi connectivity index (χ0v) is 25.9. The number of benzene rings is 4. The van der Waals surface area contributed by atoms with Crippen LogP contribution in [0.2, 0.25) is 0 Å². The summed E-state index contributed by atoms with van der Waals surface area (Å²) >= 11 is 0. The fourth-order valence-corrected chi connectivity index (χ4v) is 6.11. The molecule has 1 saturated heterocycles. The Morgan fingerprint density at radius 3 is 2.22 bits per heavy atom. The number of hydrogen-bond acceptors (Lipinski definition) is 5. The van der Waals surface area contributed by atoms with Gasteiger partial charge in [0.15, 0.2) is 5.75 Å².